The van der Waals surface area contributed by atoms with Crippen molar-refractivity contribution in [3.05, 3.63) is 54.4 Å². The van der Waals surface area contributed by atoms with E-state index in [1.54, 1.807) is 0 Å². The standard InChI is InChI=1S/C23H28N4O3S/c1-3-15-31(29,30)27-14-5-4-8-21(27)23(28)24-19-11-9-18(10-12-19)20-16-26-13-6-7-17(2)22(26)25-20/h6-7,9-13,16,21H,3-5,8,14-15H2,1-2H3,(H,24,28). The first kappa shape index (κ1) is 21.5. The van der Waals surface area contributed by atoms with E-state index < -0.39 is 16.1 Å². The topological polar surface area (TPSA) is 83.8 Å². The van der Waals surface area contributed by atoms with Crippen LogP contribution in [0.4, 0.5) is 5.69 Å². The van der Waals surface area contributed by atoms with Crippen LogP contribution in [0.2, 0.25) is 0 Å². The van der Waals surface area contributed by atoms with Crippen molar-refractivity contribution in [1.82, 2.24) is 13.7 Å². The first-order valence-electron chi connectivity index (χ1n) is 10.7. The van der Waals surface area contributed by atoms with Gasteiger partial charge in [0.25, 0.3) is 0 Å². The van der Waals surface area contributed by atoms with Crippen LogP contribution in [-0.4, -0.2) is 46.4 Å². The van der Waals surface area contributed by atoms with Crippen molar-refractivity contribution in [2.24, 2.45) is 0 Å². The Kier molecular flexibility index (Phi) is 6.11. The van der Waals surface area contributed by atoms with Gasteiger partial charge in [0.15, 0.2) is 0 Å². The molecule has 3 aromatic rings. The van der Waals surface area contributed by atoms with Crippen molar-refractivity contribution in [3.8, 4) is 11.3 Å². The van der Waals surface area contributed by atoms with E-state index in [2.05, 4.69) is 5.32 Å². The number of sulfonamides is 1. The van der Waals surface area contributed by atoms with Gasteiger partial charge in [-0.2, -0.15) is 4.31 Å². The summed E-state index contributed by atoms with van der Waals surface area (Å²) < 4.78 is 28.6. The molecule has 0 bridgehead atoms. The van der Waals surface area contributed by atoms with Gasteiger partial charge >= 0.3 is 0 Å². The Morgan fingerprint density at radius 2 is 1.97 bits per heavy atom. The van der Waals surface area contributed by atoms with Crippen molar-refractivity contribution in [3.63, 3.8) is 0 Å². The molecule has 4 rings (SSSR count). The Labute approximate surface area is 183 Å². The second kappa shape index (κ2) is 8.80. The van der Waals surface area contributed by atoms with Crippen LogP contribution in [0.1, 0.15) is 38.2 Å². The number of pyridine rings is 1. The Hall–Kier alpha value is -2.71. The van der Waals surface area contributed by atoms with Gasteiger partial charge in [-0.1, -0.05) is 31.5 Å². The number of carbonyl (C=O) groups is 1. The largest absolute Gasteiger partial charge is 0.325 e. The highest BCUT2D eigenvalue weighted by molar-refractivity contribution is 7.89. The van der Waals surface area contributed by atoms with Gasteiger partial charge in [-0.15, -0.1) is 0 Å². The molecule has 3 heterocycles. The maximum atomic E-state index is 12.9. The minimum Gasteiger partial charge on any atom is -0.325 e. The monoisotopic (exact) mass is 440 g/mol. The lowest BCUT2D eigenvalue weighted by atomic mass is 10.0. The summed E-state index contributed by atoms with van der Waals surface area (Å²) in [6.45, 7) is 4.27. The average Bonchev–Trinajstić information content (AvgIpc) is 3.20. The lowest BCUT2D eigenvalue weighted by Gasteiger charge is -2.33. The Morgan fingerprint density at radius 3 is 2.68 bits per heavy atom. The molecule has 2 aromatic heterocycles. The molecule has 164 valence electrons. The number of carbonyl (C=O) groups excluding carboxylic acids is 1. The zero-order valence-corrected chi connectivity index (χ0v) is 18.7. The van der Waals surface area contributed by atoms with Gasteiger partial charge in [0, 0.05) is 30.2 Å². The maximum Gasteiger partial charge on any atom is 0.242 e. The molecule has 0 saturated carbocycles. The predicted molar refractivity (Wildman–Crippen MR) is 122 cm³/mol. The molecule has 1 atom stereocenters. The van der Waals surface area contributed by atoms with Gasteiger partial charge in [0.05, 0.1) is 11.4 Å². The van der Waals surface area contributed by atoms with E-state index in [1.807, 2.05) is 67.0 Å². The predicted octanol–water partition coefficient (Wildman–Crippen LogP) is 3.84. The zero-order valence-electron chi connectivity index (χ0n) is 17.9. The van der Waals surface area contributed by atoms with Crippen LogP contribution < -0.4 is 5.32 Å². The number of anilines is 1. The molecule has 1 amide bonds. The van der Waals surface area contributed by atoms with Crippen molar-refractivity contribution >= 4 is 27.3 Å². The fraction of sp³-hybridized carbons (Fsp3) is 0.391. The molecule has 1 unspecified atom stereocenters. The third-order valence-electron chi connectivity index (χ3n) is 5.70. The van der Waals surface area contributed by atoms with Gasteiger partial charge in [-0.05, 0) is 49.9 Å². The molecular weight excluding hydrogens is 412 g/mol. The minimum absolute atomic E-state index is 0.0734. The van der Waals surface area contributed by atoms with Crippen molar-refractivity contribution in [2.45, 2.75) is 45.6 Å². The summed E-state index contributed by atoms with van der Waals surface area (Å²) in [4.78, 5) is 17.6. The molecule has 0 aliphatic carbocycles. The first-order chi connectivity index (χ1) is 14.9. The summed E-state index contributed by atoms with van der Waals surface area (Å²) in [5.41, 5.74) is 4.47. The Bertz CT molecular complexity index is 1190. The summed E-state index contributed by atoms with van der Waals surface area (Å²) in [7, 11) is -3.42. The van der Waals surface area contributed by atoms with Crippen LogP contribution in [0.15, 0.2) is 48.8 Å². The molecule has 0 spiro atoms. The summed E-state index contributed by atoms with van der Waals surface area (Å²) in [6, 6.07) is 10.9. The van der Waals surface area contributed by atoms with Gasteiger partial charge in [-0.3, -0.25) is 4.79 Å². The second-order valence-electron chi connectivity index (χ2n) is 8.05. The molecular formula is C23H28N4O3S. The highest BCUT2D eigenvalue weighted by Crippen LogP contribution is 2.25. The van der Waals surface area contributed by atoms with E-state index in [1.165, 1.54) is 4.31 Å². The number of hydrogen-bond donors (Lipinski definition) is 1. The number of nitrogens with zero attached hydrogens (tertiary/aromatic N) is 3. The second-order valence-corrected chi connectivity index (χ2v) is 10.1. The van der Waals surface area contributed by atoms with Crippen molar-refractivity contribution in [2.75, 3.05) is 17.6 Å². The van der Waals surface area contributed by atoms with Crippen LogP contribution >= 0.6 is 0 Å². The van der Waals surface area contributed by atoms with Crippen LogP contribution in [0.5, 0.6) is 0 Å². The number of imidazole rings is 1. The lowest BCUT2D eigenvalue weighted by Crippen LogP contribution is -2.50. The van der Waals surface area contributed by atoms with Gasteiger partial charge in [0.2, 0.25) is 15.9 Å². The van der Waals surface area contributed by atoms with Crippen LogP contribution in [0.3, 0.4) is 0 Å². The Balaban J connectivity index is 1.50. The van der Waals surface area contributed by atoms with Crippen LogP contribution in [0, 0.1) is 6.92 Å². The molecule has 0 radical (unpaired) electrons. The van der Waals surface area contributed by atoms with E-state index in [0.29, 0.717) is 25.1 Å². The number of hydrogen-bond acceptors (Lipinski definition) is 4. The number of piperidine rings is 1. The highest BCUT2D eigenvalue weighted by atomic mass is 32.2. The molecule has 1 aliphatic rings. The van der Waals surface area contributed by atoms with Crippen molar-refractivity contribution in [1.29, 1.82) is 0 Å². The molecule has 1 fully saturated rings. The van der Waals surface area contributed by atoms with Gasteiger partial charge in [0.1, 0.15) is 11.7 Å². The Morgan fingerprint density at radius 1 is 1.19 bits per heavy atom. The van der Waals surface area contributed by atoms with Crippen LogP contribution in [-0.2, 0) is 14.8 Å². The van der Waals surface area contributed by atoms with E-state index in [0.717, 1.165) is 35.3 Å². The quantitative estimate of drug-likeness (QED) is 0.631. The maximum absolute atomic E-state index is 12.9. The molecule has 8 heteroatoms. The van der Waals surface area contributed by atoms with Crippen LogP contribution in [0.25, 0.3) is 16.9 Å². The molecule has 7 nitrogen and oxygen atoms in total. The number of nitrogens with one attached hydrogen (secondary N) is 1. The lowest BCUT2D eigenvalue weighted by molar-refractivity contribution is -0.120. The summed E-state index contributed by atoms with van der Waals surface area (Å²) in [5, 5.41) is 2.90. The summed E-state index contributed by atoms with van der Waals surface area (Å²) in [6.07, 6.45) is 6.68. The van der Waals surface area contributed by atoms with Gasteiger partial charge < -0.3 is 9.72 Å². The molecule has 1 aliphatic heterocycles. The van der Waals surface area contributed by atoms with E-state index in [4.69, 9.17) is 4.98 Å². The zero-order chi connectivity index (χ0) is 22.0. The molecule has 1 N–H and O–H groups in total. The number of aryl methyl sites for hydroxylation is 1. The average molecular weight is 441 g/mol. The smallest absolute Gasteiger partial charge is 0.242 e. The third kappa shape index (κ3) is 4.50. The first-order valence-corrected chi connectivity index (χ1v) is 12.3. The SMILES string of the molecule is CCCS(=O)(=O)N1CCCCC1C(=O)Nc1ccc(-c2cn3cccc(C)c3n2)cc1. The van der Waals surface area contributed by atoms with E-state index in [9.17, 15) is 13.2 Å². The van der Waals surface area contributed by atoms with E-state index in [-0.39, 0.29) is 11.7 Å². The van der Waals surface area contributed by atoms with Gasteiger partial charge in [-0.25, -0.2) is 13.4 Å². The molecule has 31 heavy (non-hydrogen) atoms. The normalized spacial score (nSPS) is 17.7. The fourth-order valence-corrected chi connectivity index (χ4v) is 5.86. The molecule has 1 saturated heterocycles. The fourth-order valence-electron chi connectivity index (χ4n) is 4.12. The summed E-state index contributed by atoms with van der Waals surface area (Å²) >= 11 is 0. The number of fused-ring (bicyclic) bond motifs is 1. The highest BCUT2D eigenvalue weighted by Gasteiger charge is 2.36. The number of aromatic nitrogens is 2. The number of benzene rings is 1. The summed E-state index contributed by atoms with van der Waals surface area (Å²) in [5.74, 6) is -0.195. The number of amides is 1. The van der Waals surface area contributed by atoms with Crippen molar-refractivity contribution < 1.29 is 13.2 Å². The van der Waals surface area contributed by atoms with E-state index >= 15 is 0 Å². The number of rotatable bonds is 6. The third-order valence-corrected chi connectivity index (χ3v) is 7.78. The minimum atomic E-state index is -3.42. The molecule has 1 aromatic carbocycles.